The molecule has 0 spiro atoms. The Bertz CT molecular complexity index is 702. The van der Waals surface area contributed by atoms with E-state index < -0.39 is 0 Å². The molecule has 0 radical (unpaired) electrons. The van der Waals surface area contributed by atoms with Gasteiger partial charge in [-0.2, -0.15) is 0 Å². The lowest BCUT2D eigenvalue weighted by atomic mass is 10.2. The molecule has 0 bridgehead atoms. The van der Waals surface area contributed by atoms with Gasteiger partial charge in [0.1, 0.15) is 0 Å². The standard InChI is InChI=1S/C17H21N5O3/c1-2-25-15-4-3-13(11-19-15)16(23)20-12-14-5-6-18-17(21-14)22-7-9-24-10-8-22/h3-6,11H,2,7-10,12H2,1H3,(H,20,23). The molecule has 0 aliphatic carbocycles. The Morgan fingerprint density at radius 1 is 1.28 bits per heavy atom. The number of aromatic nitrogens is 3. The summed E-state index contributed by atoms with van der Waals surface area (Å²) in [6.45, 7) is 5.64. The zero-order valence-electron chi connectivity index (χ0n) is 14.1. The molecule has 3 heterocycles. The Labute approximate surface area is 146 Å². The Kier molecular flexibility index (Phi) is 5.73. The highest BCUT2D eigenvalue weighted by atomic mass is 16.5. The maximum atomic E-state index is 12.2. The molecule has 1 aliphatic heterocycles. The Morgan fingerprint density at radius 3 is 2.84 bits per heavy atom. The van der Waals surface area contributed by atoms with Crippen LogP contribution in [-0.4, -0.2) is 53.8 Å². The molecule has 25 heavy (non-hydrogen) atoms. The molecule has 8 heteroatoms. The van der Waals surface area contributed by atoms with Gasteiger partial charge < -0.3 is 19.7 Å². The molecule has 2 aromatic rings. The van der Waals surface area contributed by atoms with Gasteiger partial charge in [0.25, 0.3) is 5.91 Å². The van der Waals surface area contributed by atoms with E-state index in [1.165, 1.54) is 6.20 Å². The number of hydrogen-bond donors (Lipinski definition) is 1. The van der Waals surface area contributed by atoms with E-state index >= 15 is 0 Å². The first-order valence-electron chi connectivity index (χ1n) is 8.28. The third-order valence-corrected chi connectivity index (χ3v) is 3.72. The lowest BCUT2D eigenvalue weighted by Gasteiger charge is -2.26. The van der Waals surface area contributed by atoms with Crippen molar-refractivity contribution >= 4 is 11.9 Å². The first-order valence-corrected chi connectivity index (χ1v) is 8.28. The largest absolute Gasteiger partial charge is 0.478 e. The van der Waals surface area contributed by atoms with Crippen LogP contribution >= 0.6 is 0 Å². The topological polar surface area (TPSA) is 89.5 Å². The van der Waals surface area contributed by atoms with Gasteiger partial charge in [0.15, 0.2) is 0 Å². The molecule has 0 saturated carbocycles. The number of ether oxygens (including phenoxy) is 2. The number of nitrogens with one attached hydrogen (secondary N) is 1. The lowest BCUT2D eigenvalue weighted by molar-refractivity contribution is 0.0950. The summed E-state index contributed by atoms with van der Waals surface area (Å²) in [5.74, 6) is 0.963. The fraction of sp³-hybridized carbons (Fsp3) is 0.412. The van der Waals surface area contributed by atoms with Gasteiger partial charge in [-0.15, -0.1) is 0 Å². The smallest absolute Gasteiger partial charge is 0.253 e. The minimum absolute atomic E-state index is 0.206. The Morgan fingerprint density at radius 2 is 2.12 bits per heavy atom. The van der Waals surface area contributed by atoms with Crippen LogP contribution in [-0.2, 0) is 11.3 Å². The van der Waals surface area contributed by atoms with Crippen molar-refractivity contribution in [3.8, 4) is 5.88 Å². The van der Waals surface area contributed by atoms with Crippen LogP contribution in [0, 0.1) is 0 Å². The first-order chi connectivity index (χ1) is 12.3. The van der Waals surface area contributed by atoms with Crippen molar-refractivity contribution in [3.63, 3.8) is 0 Å². The van der Waals surface area contributed by atoms with Crippen LogP contribution < -0.4 is 15.0 Å². The van der Waals surface area contributed by atoms with Crippen molar-refractivity contribution in [2.75, 3.05) is 37.8 Å². The number of hydrogen-bond acceptors (Lipinski definition) is 7. The summed E-state index contributed by atoms with van der Waals surface area (Å²) in [6.07, 6.45) is 3.21. The molecule has 3 rings (SSSR count). The average molecular weight is 343 g/mol. The van der Waals surface area contributed by atoms with Gasteiger partial charge in [0.05, 0.1) is 37.6 Å². The fourth-order valence-electron chi connectivity index (χ4n) is 2.42. The monoisotopic (exact) mass is 343 g/mol. The van der Waals surface area contributed by atoms with Gasteiger partial charge in [-0.3, -0.25) is 4.79 Å². The third-order valence-electron chi connectivity index (χ3n) is 3.72. The van der Waals surface area contributed by atoms with Crippen LogP contribution in [0.4, 0.5) is 5.95 Å². The number of rotatable bonds is 6. The van der Waals surface area contributed by atoms with Gasteiger partial charge in [0, 0.05) is 31.5 Å². The summed E-state index contributed by atoms with van der Waals surface area (Å²) < 4.78 is 10.6. The molecule has 1 fully saturated rings. The second-order valence-corrected chi connectivity index (χ2v) is 5.45. The van der Waals surface area contributed by atoms with E-state index in [0.29, 0.717) is 43.8 Å². The van der Waals surface area contributed by atoms with E-state index in [4.69, 9.17) is 9.47 Å². The predicted octanol–water partition coefficient (Wildman–Crippen LogP) is 1.04. The molecule has 8 nitrogen and oxygen atoms in total. The molecule has 0 aromatic carbocycles. The van der Waals surface area contributed by atoms with Crippen LogP contribution in [0.15, 0.2) is 30.6 Å². The minimum Gasteiger partial charge on any atom is -0.478 e. The van der Waals surface area contributed by atoms with E-state index in [2.05, 4.69) is 25.2 Å². The van der Waals surface area contributed by atoms with Crippen LogP contribution in [0.5, 0.6) is 5.88 Å². The zero-order chi connectivity index (χ0) is 17.5. The second kappa shape index (κ2) is 8.39. The quantitative estimate of drug-likeness (QED) is 0.838. The third kappa shape index (κ3) is 4.63. The summed E-state index contributed by atoms with van der Waals surface area (Å²) in [6, 6.07) is 5.16. The molecule has 0 atom stereocenters. The minimum atomic E-state index is -0.206. The van der Waals surface area contributed by atoms with Crippen LogP contribution in [0.2, 0.25) is 0 Å². The number of morpholine rings is 1. The second-order valence-electron chi connectivity index (χ2n) is 5.45. The van der Waals surface area contributed by atoms with E-state index in [1.807, 2.05) is 6.92 Å². The molecular weight excluding hydrogens is 322 g/mol. The fourth-order valence-corrected chi connectivity index (χ4v) is 2.42. The lowest BCUT2D eigenvalue weighted by Crippen LogP contribution is -2.37. The van der Waals surface area contributed by atoms with Crippen molar-refractivity contribution in [1.29, 1.82) is 0 Å². The highest BCUT2D eigenvalue weighted by Gasteiger charge is 2.14. The SMILES string of the molecule is CCOc1ccc(C(=O)NCc2ccnc(N3CCOCC3)n2)cn1. The molecule has 1 aliphatic rings. The zero-order valence-corrected chi connectivity index (χ0v) is 14.1. The van der Waals surface area contributed by atoms with Gasteiger partial charge in [0.2, 0.25) is 11.8 Å². The molecule has 0 unspecified atom stereocenters. The highest BCUT2D eigenvalue weighted by Crippen LogP contribution is 2.10. The molecular formula is C17H21N5O3. The summed E-state index contributed by atoms with van der Waals surface area (Å²) in [5.41, 5.74) is 1.23. The number of amides is 1. The van der Waals surface area contributed by atoms with Crippen molar-refractivity contribution < 1.29 is 14.3 Å². The summed E-state index contributed by atoms with van der Waals surface area (Å²) in [7, 11) is 0. The van der Waals surface area contributed by atoms with Crippen molar-refractivity contribution in [2.24, 2.45) is 0 Å². The summed E-state index contributed by atoms with van der Waals surface area (Å²) in [4.78, 5) is 27.2. The van der Waals surface area contributed by atoms with Crippen molar-refractivity contribution in [3.05, 3.63) is 41.9 Å². The van der Waals surface area contributed by atoms with Gasteiger partial charge in [-0.05, 0) is 19.1 Å². The summed E-state index contributed by atoms with van der Waals surface area (Å²) >= 11 is 0. The predicted molar refractivity (Wildman–Crippen MR) is 91.6 cm³/mol. The van der Waals surface area contributed by atoms with Crippen LogP contribution in [0.1, 0.15) is 23.0 Å². The molecule has 132 valence electrons. The molecule has 2 aromatic heterocycles. The van der Waals surface area contributed by atoms with E-state index in [1.54, 1.807) is 24.4 Å². The number of pyridine rings is 1. The van der Waals surface area contributed by atoms with Gasteiger partial charge in [-0.25, -0.2) is 15.0 Å². The van der Waals surface area contributed by atoms with Crippen molar-refractivity contribution in [2.45, 2.75) is 13.5 Å². The van der Waals surface area contributed by atoms with Crippen molar-refractivity contribution in [1.82, 2.24) is 20.3 Å². The number of carbonyl (C=O) groups excluding carboxylic acids is 1. The maximum absolute atomic E-state index is 12.2. The molecule has 1 N–H and O–H groups in total. The highest BCUT2D eigenvalue weighted by molar-refractivity contribution is 5.93. The average Bonchev–Trinajstić information content (AvgIpc) is 2.68. The van der Waals surface area contributed by atoms with E-state index in [-0.39, 0.29) is 5.91 Å². The van der Waals surface area contributed by atoms with Gasteiger partial charge >= 0.3 is 0 Å². The van der Waals surface area contributed by atoms with E-state index in [0.717, 1.165) is 18.8 Å². The Hall–Kier alpha value is -2.74. The normalized spacial score (nSPS) is 14.2. The van der Waals surface area contributed by atoms with Gasteiger partial charge in [-0.1, -0.05) is 0 Å². The van der Waals surface area contributed by atoms with Crippen LogP contribution in [0.25, 0.3) is 0 Å². The molecule has 1 amide bonds. The van der Waals surface area contributed by atoms with Crippen LogP contribution in [0.3, 0.4) is 0 Å². The van der Waals surface area contributed by atoms with E-state index in [9.17, 15) is 4.79 Å². The maximum Gasteiger partial charge on any atom is 0.253 e. The number of anilines is 1. The summed E-state index contributed by atoms with van der Waals surface area (Å²) in [5, 5.41) is 2.84. The molecule has 1 saturated heterocycles. The number of carbonyl (C=O) groups is 1. The first kappa shape index (κ1) is 17.1. The Balaban J connectivity index is 1.58. The number of nitrogens with zero attached hydrogens (tertiary/aromatic N) is 4.